The molecule has 0 radical (unpaired) electrons. The van der Waals surface area contributed by atoms with Crippen molar-refractivity contribution >= 4 is 22.7 Å². The number of hydrogen-bond donors (Lipinski definition) is 3. The monoisotopic (exact) mass is 228 g/mol. The number of nitrogens with one attached hydrogen (secondary N) is 1. The van der Waals surface area contributed by atoms with Gasteiger partial charge in [0.1, 0.15) is 0 Å². The van der Waals surface area contributed by atoms with E-state index in [1.807, 2.05) is 60.6 Å². The van der Waals surface area contributed by atoms with E-state index in [1.165, 1.54) is 0 Å². The van der Waals surface area contributed by atoms with Crippen LogP contribution in [-0.4, -0.2) is 7.05 Å². The van der Waals surface area contributed by atoms with Gasteiger partial charge in [-0.2, -0.15) is 0 Å². The molecule has 17 heavy (non-hydrogen) atoms. The molecule has 0 saturated carbocycles. The molecule has 88 valence electrons. The number of hydrogen-bond acceptors (Lipinski definition) is 4. The molecule has 0 aliphatic rings. The summed E-state index contributed by atoms with van der Waals surface area (Å²) in [4.78, 5) is 0. The zero-order chi connectivity index (χ0) is 12.3. The molecule has 0 spiro atoms. The highest BCUT2D eigenvalue weighted by molar-refractivity contribution is 5.59. The van der Waals surface area contributed by atoms with Gasteiger partial charge in [0.25, 0.3) is 0 Å². The van der Waals surface area contributed by atoms with Gasteiger partial charge in [0.05, 0.1) is 11.4 Å². The first-order valence-corrected chi connectivity index (χ1v) is 5.36. The van der Waals surface area contributed by atoms with Crippen molar-refractivity contribution in [2.75, 3.05) is 28.9 Å². The van der Waals surface area contributed by atoms with E-state index in [0.717, 1.165) is 22.7 Å². The third-order valence-corrected chi connectivity index (χ3v) is 2.49. The lowest BCUT2D eigenvalue weighted by Gasteiger charge is -2.21. The summed E-state index contributed by atoms with van der Waals surface area (Å²) in [5.41, 5.74) is 18.1. The summed E-state index contributed by atoms with van der Waals surface area (Å²) in [5.74, 6) is 0. The van der Waals surface area contributed by atoms with Crippen LogP contribution >= 0.6 is 0 Å². The van der Waals surface area contributed by atoms with Crippen molar-refractivity contribution in [3.05, 3.63) is 48.5 Å². The second-order valence-electron chi connectivity index (χ2n) is 3.88. The highest BCUT2D eigenvalue weighted by Crippen LogP contribution is 2.17. The number of hydrazine groups is 1. The van der Waals surface area contributed by atoms with Crippen LogP contribution in [0.2, 0.25) is 0 Å². The Balaban J connectivity index is 2.08. The van der Waals surface area contributed by atoms with Gasteiger partial charge in [-0.05, 0) is 48.5 Å². The molecule has 5 N–H and O–H groups in total. The third-order valence-electron chi connectivity index (χ3n) is 2.49. The van der Waals surface area contributed by atoms with E-state index in [-0.39, 0.29) is 0 Å². The molecule has 2 aromatic rings. The zero-order valence-electron chi connectivity index (χ0n) is 9.72. The fourth-order valence-corrected chi connectivity index (χ4v) is 1.51. The first-order valence-electron chi connectivity index (χ1n) is 5.36. The first-order chi connectivity index (χ1) is 8.15. The van der Waals surface area contributed by atoms with Crippen LogP contribution in [0.5, 0.6) is 0 Å². The summed E-state index contributed by atoms with van der Waals surface area (Å²) in [6, 6.07) is 15.2. The van der Waals surface area contributed by atoms with E-state index >= 15 is 0 Å². The average molecular weight is 228 g/mol. The molecule has 2 rings (SSSR count). The molecule has 4 heteroatoms. The Kier molecular flexibility index (Phi) is 3.05. The van der Waals surface area contributed by atoms with Gasteiger partial charge < -0.3 is 11.5 Å². The van der Waals surface area contributed by atoms with Crippen LogP contribution < -0.4 is 21.9 Å². The van der Waals surface area contributed by atoms with Gasteiger partial charge in [0, 0.05) is 18.4 Å². The van der Waals surface area contributed by atoms with Crippen molar-refractivity contribution < 1.29 is 0 Å². The molecule has 0 unspecified atom stereocenters. The van der Waals surface area contributed by atoms with Crippen LogP contribution in [0.4, 0.5) is 22.7 Å². The Labute approximate surface area is 101 Å². The molecule has 0 aliphatic carbocycles. The van der Waals surface area contributed by atoms with E-state index in [9.17, 15) is 0 Å². The predicted octanol–water partition coefficient (Wildman–Crippen LogP) is 2.31. The molecule has 0 aliphatic heterocycles. The highest BCUT2D eigenvalue weighted by Gasteiger charge is 2.00. The summed E-state index contributed by atoms with van der Waals surface area (Å²) < 4.78 is 0. The summed E-state index contributed by atoms with van der Waals surface area (Å²) in [6.07, 6.45) is 0. The number of benzene rings is 2. The van der Waals surface area contributed by atoms with Gasteiger partial charge in [-0.15, -0.1) is 0 Å². The molecular weight excluding hydrogens is 212 g/mol. The Morgan fingerprint density at radius 3 is 1.82 bits per heavy atom. The van der Waals surface area contributed by atoms with Crippen LogP contribution in [0.1, 0.15) is 0 Å². The molecule has 0 saturated heterocycles. The lowest BCUT2D eigenvalue weighted by Crippen LogP contribution is -2.24. The van der Waals surface area contributed by atoms with Crippen molar-refractivity contribution in [1.29, 1.82) is 0 Å². The normalized spacial score (nSPS) is 9.94. The van der Waals surface area contributed by atoms with Crippen molar-refractivity contribution in [2.45, 2.75) is 0 Å². The maximum Gasteiger partial charge on any atom is 0.0570 e. The number of nitrogens with two attached hydrogens (primary N) is 2. The topological polar surface area (TPSA) is 67.3 Å². The molecule has 0 atom stereocenters. The summed E-state index contributed by atoms with van der Waals surface area (Å²) in [6.45, 7) is 0. The minimum absolute atomic E-state index is 0.755. The lowest BCUT2D eigenvalue weighted by atomic mass is 10.3. The summed E-state index contributed by atoms with van der Waals surface area (Å²) in [5, 5.41) is 1.92. The second-order valence-corrected chi connectivity index (χ2v) is 3.88. The molecule has 0 fully saturated rings. The first kappa shape index (κ1) is 11.1. The third kappa shape index (κ3) is 2.81. The van der Waals surface area contributed by atoms with Gasteiger partial charge in [-0.3, -0.25) is 10.4 Å². The second kappa shape index (κ2) is 4.65. The SMILES string of the molecule is CN(Nc1ccc(N)cc1)c1ccc(N)cc1. The quantitative estimate of drug-likeness (QED) is 0.557. The fraction of sp³-hybridized carbons (Fsp3) is 0.0769. The predicted molar refractivity (Wildman–Crippen MR) is 73.7 cm³/mol. The van der Waals surface area contributed by atoms with Crippen LogP contribution in [0.25, 0.3) is 0 Å². The molecule has 0 aromatic heterocycles. The van der Waals surface area contributed by atoms with Gasteiger partial charge in [0.2, 0.25) is 0 Å². The van der Waals surface area contributed by atoms with Gasteiger partial charge in [-0.1, -0.05) is 0 Å². The Bertz CT molecular complexity index is 476. The van der Waals surface area contributed by atoms with E-state index in [1.54, 1.807) is 0 Å². The molecule has 2 aromatic carbocycles. The van der Waals surface area contributed by atoms with E-state index in [4.69, 9.17) is 11.5 Å². The Hall–Kier alpha value is -2.36. The molecule has 0 amide bonds. The Morgan fingerprint density at radius 1 is 0.824 bits per heavy atom. The summed E-state index contributed by atoms with van der Waals surface area (Å²) in [7, 11) is 1.95. The molecular formula is C13H16N4. The number of nitrogens with zero attached hydrogens (tertiary/aromatic N) is 1. The fourth-order valence-electron chi connectivity index (χ4n) is 1.51. The van der Waals surface area contributed by atoms with E-state index in [0.29, 0.717) is 0 Å². The molecule has 0 bridgehead atoms. The average Bonchev–Trinajstić information content (AvgIpc) is 2.33. The largest absolute Gasteiger partial charge is 0.399 e. The van der Waals surface area contributed by atoms with Crippen LogP contribution in [-0.2, 0) is 0 Å². The maximum absolute atomic E-state index is 5.64. The smallest absolute Gasteiger partial charge is 0.0570 e. The van der Waals surface area contributed by atoms with Crippen LogP contribution in [0.15, 0.2) is 48.5 Å². The van der Waals surface area contributed by atoms with Crippen molar-refractivity contribution in [3.63, 3.8) is 0 Å². The number of rotatable bonds is 3. The van der Waals surface area contributed by atoms with Gasteiger partial charge in [-0.25, -0.2) is 0 Å². The minimum Gasteiger partial charge on any atom is -0.399 e. The van der Waals surface area contributed by atoms with Crippen molar-refractivity contribution in [3.8, 4) is 0 Å². The lowest BCUT2D eigenvalue weighted by molar-refractivity contribution is 1.09. The van der Waals surface area contributed by atoms with Crippen molar-refractivity contribution in [1.82, 2.24) is 0 Å². The van der Waals surface area contributed by atoms with E-state index < -0.39 is 0 Å². The zero-order valence-corrected chi connectivity index (χ0v) is 9.72. The van der Waals surface area contributed by atoms with Crippen LogP contribution in [0, 0.1) is 0 Å². The standard InChI is InChI=1S/C13H16N4/c1-17(13-8-4-11(15)5-9-13)16-12-6-2-10(14)3-7-12/h2-9,16H,14-15H2,1H3. The summed E-state index contributed by atoms with van der Waals surface area (Å²) >= 11 is 0. The number of anilines is 4. The van der Waals surface area contributed by atoms with Crippen molar-refractivity contribution in [2.24, 2.45) is 0 Å². The van der Waals surface area contributed by atoms with Crippen LogP contribution in [0.3, 0.4) is 0 Å². The van der Waals surface area contributed by atoms with E-state index in [2.05, 4.69) is 5.43 Å². The number of nitrogen functional groups attached to an aromatic ring is 2. The maximum atomic E-state index is 5.64. The van der Waals surface area contributed by atoms with Gasteiger partial charge in [0.15, 0.2) is 0 Å². The highest BCUT2D eigenvalue weighted by atomic mass is 15.5. The molecule has 4 nitrogen and oxygen atoms in total. The minimum atomic E-state index is 0.755. The Morgan fingerprint density at radius 2 is 1.29 bits per heavy atom. The molecule has 0 heterocycles. The van der Waals surface area contributed by atoms with Gasteiger partial charge >= 0.3 is 0 Å².